The lowest BCUT2D eigenvalue weighted by Gasteiger charge is -2.15. The quantitative estimate of drug-likeness (QED) is 0.332. The van der Waals surface area contributed by atoms with Crippen LogP contribution in [-0.4, -0.2) is 43.6 Å². The number of nitrogens with zero attached hydrogens (tertiary/aromatic N) is 2. The van der Waals surface area contributed by atoms with Gasteiger partial charge in [0, 0.05) is 6.08 Å². The van der Waals surface area contributed by atoms with Crippen LogP contribution in [0.1, 0.15) is 25.8 Å². The number of methoxy groups -OCH3 is 2. The van der Waals surface area contributed by atoms with Crippen molar-refractivity contribution in [1.29, 1.82) is 0 Å². The number of amides is 1. The molecule has 0 aliphatic carbocycles. The van der Waals surface area contributed by atoms with Crippen molar-refractivity contribution in [3.8, 4) is 11.5 Å². The summed E-state index contributed by atoms with van der Waals surface area (Å²) in [5.74, 6) is 0.224. The maximum atomic E-state index is 11.7. The summed E-state index contributed by atoms with van der Waals surface area (Å²) in [4.78, 5) is 23.1. The second-order valence-electron chi connectivity index (χ2n) is 5.48. The summed E-state index contributed by atoms with van der Waals surface area (Å²) in [5, 5.41) is 10.7. The highest BCUT2D eigenvalue weighted by Crippen LogP contribution is 2.29. The minimum absolute atomic E-state index is 0.0834. The van der Waals surface area contributed by atoms with Crippen molar-refractivity contribution in [2.75, 3.05) is 14.2 Å². The fourth-order valence-electron chi connectivity index (χ4n) is 1.95. The van der Waals surface area contributed by atoms with E-state index in [0.717, 1.165) is 29.8 Å². The zero-order valence-electron chi connectivity index (χ0n) is 15.5. The van der Waals surface area contributed by atoms with E-state index < -0.39 is 11.9 Å². The van der Waals surface area contributed by atoms with Crippen LogP contribution >= 0.6 is 11.8 Å². The molecule has 9 heteroatoms. The number of ether oxygens (including phenoxy) is 3. The van der Waals surface area contributed by atoms with Gasteiger partial charge in [-0.2, -0.15) is 5.10 Å². The van der Waals surface area contributed by atoms with Crippen molar-refractivity contribution in [2.24, 2.45) is 10.2 Å². The molecule has 0 saturated carbocycles. The molecule has 1 unspecified atom stereocenters. The molecule has 1 fully saturated rings. The first-order chi connectivity index (χ1) is 13.0. The van der Waals surface area contributed by atoms with Crippen molar-refractivity contribution >= 4 is 35.0 Å². The number of benzene rings is 1. The van der Waals surface area contributed by atoms with Crippen molar-refractivity contribution in [3.63, 3.8) is 0 Å². The fourth-order valence-corrected chi connectivity index (χ4v) is 2.69. The molecule has 1 amide bonds. The maximum Gasteiger partial charge on any atom is 0.331 e. The Hall–Kier alpha value is -2.81. The number of amidine groups is 1. The molecule has 8 nitrogen and oxygen atoms in total. The monoisotopic (exact) mass is 391 g/mol. The summed E-state index contributed by atoms with van der Waals surface area (Å²) in [6.45, 7) is 4.03. The van der Waals surface area contributed by atoms with Crippen molar-refractivity contribution in [2.45, 2.75) is 26.4 Å². The van der Waals surface area contributed by atoms with Gasteiger partial charge >= 0.3 is 5.97 Å². The van der Waals surface area contributed by atoms with E-state index in [1.54, 1.807) is 13.2 Å². The number of thioether (sulfide) groups is 1. The van der Waals surface area contributed by atoms with Gasteiger partial charge in [0.05, 0.1) is 31.4 Å². The van der Waals surface area contributed by atoms with Gasteiger partial charge in [0.2, 0.25) is 0 Å². The number of carbonyl (C=O) groups excluding carboxylic acids is 2. The van der Waals surface area contributed by atoms with E-state index in [0.29, 0.717) is 11.5 Å². The van der Waals surface area contributed by atoms with Crippen LogP contribution in [0.15, 0.2) is 39.4 Å². The molecule has 1 aromatic rings. The molecular weight excluding hydrogens is 370 g/mol. The van der Waals surface area contributed by atoms with Crippen LogP contribution in [0.5, 0.6) is 11.5 Å². The summed E-state index contributed by atoms with van der Waals surface area (Å²) in [6.07, 6.45) is 3.60. The summed E-state index contributed by atoms with van der Waals surface area (Å²) >= 11 is 1.01. The maximum absolute atomic E-state index is 11.7. The lowest BCUT2D eigenvalue weighted by molar-refractivity contribution is -0.135. The SMILES string of the molecule is CCC(C)Oc1ccc(C=N/N=C2/NC(=O)/C(=C\C(=O)OC)S2)cc1OC. The van der Waals surface area contributed by atoms with Crippen LogP contribution in [0.3, 0.4) is 0 Å². The van der Waals surface area contributed by atoms with Crippen LogP contribution in [-0.2, 0) is 14.3 Å². The van der Waals surface area contributed by atoms with Gasteiger partial charge in [-0.15, -0.1) is 5.10 Å². The van der Waals surface area contributed by atoms with E-state index in [4.69, 9.17) is 9.47 Å². The highest BCUT2D eigenvalue weighted by atomic mass is 32.2. The fraction of sp³-hybridized carbons (Fsp3) is 0.333. The number of hydrogen-bond donors (Lipinski definition) is 1. The lowest BCUT2D eigenvalue weighted by atomic mass is 10.2. The first-order valence-corrected chi connectivity index (χ1v) is 9.03. The highest BCUT2D eigenvalue weighted by molar-refractivity contribution is 8.18. The van der Waals surface area contributed by atoms with Crippen LogP contribution in [0.2, 0.25) is 0 Å². The Kier molecular flexibility index (Phi) is 7.42. The molecular formula is C18H21N3O5S. The topological polar surface area (TPSA) is 98.6 Å². The molecule has 0 bridgehead atoms. The standard InChI is InChI=1S/C18H21N3O5S/c1-5-11(2)26-13-7-6-12(8-14(13)24-3)10-19-21-18-20-17(23)15(27-18)9-16(22)25-4/h6-11H,5H2,1-4H3,(H,20,21,23)/b15-9+,19-10?. The van der Waals surface area contributed by atoms with E-state index in [-0.39, 0.29) is 16.2 Å². The molecule has 27 heavy (non-hydrogen) atoms. The second-order valence-corrected chi connectivity index (χ2v) is 6.52. The molecule has 1 aliphatic rings. The predicted octanol–water partition coefficient (Wildman–Crippen LogP) is 2.48. The van der Waals surface area contributed by atoms with Gasteiger partial charge in [0.1, 0.15) is 0 Å². The van der Waals surface area contributed by atoms with Crippen LogP contribution in [0, 0.1) is 0 Å². The smallest absolute Gasteiger partial charge is 0.331 e. The summed E-state index contributed by atoms with van der Waals surface area (Å²) in [6, 6.07) is 5.42. The van der Waals surface area contributed by atoms with Crippen molar-refractivity contribution < 1.29 is 23.8 Å². The number of nitrogens with one attached hydrogen (secondary N) is 1. The molecule has 2 rings (SSSR count). The highest BCUT2D eigenvalue weighted by Gasteiger charge is 2.25. The average molecular weight is 391 g/mol. The molecule has 1 heterocycles. The zero-order valence-corrected chi connectivity index (χ0v) is 16.3. The molecule has 0 spiro atoms. The molecule has 1 N–H and O–H groups in total. The number of carbonyl (C=O) groups is 2. The normalized spacial score (nSPS) is 18.0. The minimum atomic E-state index is -0.607. The first-order valence-electron chi connectivity index (χ1n) is 8.21. The van der Waals surface area contributed by atoms with E-state index in [1.165, 1.54) is 13.3 Å². The predicted molar refractivity (Wildman–Crippen MR) is 104 cm³/mol. The average Bonchev–Trinajstić information content (AvgIpc) is 3.01. The zero-order chi connectivity index (χ0) is 19.8. The molecule has 1 saturated heterocycles. The largest absolute Gasteiger partial charge is 0.493 e. The van der Waals surface area contributed by atoms with E-state index in [9.17, 15) is 9.59 Å². The third kappa shape index (κ3) is 5.85. The summed E-state index contributed by atoms with van der Waals surface area (Å²) in [7, 11) is 2.81. The second kappa shape index (κ2) is 9.77. The molecule has 0 aromatic heterocycles. The number of esters is 1. The minimum Gasteiger partial charge on any atom is -0.493 e. The third-order valence-electron chi connectivity index (χ3n) is 3.55. The Morgan fingerprint density at radius 2 is 2.11 bits per heavy atom. The molecule has 144 valence electrons. The lowest BCUT2D eigenvalue weighted by Crippen LogP contribution is -2.19. The Morgan fingerprint density at radius 3 is 2.78 bits per heavy atom. The molecule has 1 aliphatic heterocycles. The number of hydrogen-bond acceptors (Lipinski definition) is 8. The Bertz CT molecular complexity index is 804. The van der Waals surface area contributed by atoms with Gasteiger partial charge < -0.3 is 14.2 Å². The molecule has 1 aromatic carbocycles. The van der Waals surface area contributed by atoms with E-state index in [2.05, 4.69) is 20.3 Å². The van der Waals surface area contributed by atoms with Gasteiger partial charge in [-0.1, -0.05) is 6.92 Å². The Balaban J connectivity index is 2.08. The van der Waals surface area contributed by atoms with Crippen LogP contribution in [0.25, 0.3) is 0 Å². The Morgan fingerprint density at radius 1 is 1.33 bits per heavy atom. The Labute approximate surface area is 161 Å². The van der Waals surface area contributed by atoms with Gasteiger partial charge in [-0.25, -0.2) is 4.79 Å². The number of rotatable bonds is 7. The van der Waals surface area contributed by atoms with Crippen LogP contribution in [0.4, 0.5) is 0 Å². The van der Waals surface area contributed by atoms with Gasteiger partial charge in [-0.05, 0) is 48.9 Å². The third-order valence-corrected chi connectivity index (χ3v) is 4.45. The molecule has 1 atom stereocenters. The van der Waals surface area contributed by atoms with E-state index >= 15 is 0 Å². The van der Waals surface area contributed by atoms with Gasteiger partial charge in [0.15, 0.2) is 16.7 Å². The van der Waals surface area contributed by atoms with Crippen molar-refractivity contribution in [1.82, 2.24) is 5.32 Å². The van der Waals surface area contributed by atoms with Gasteiger partial charge in [-0.3, -0.25) is 10.1 Å². The molecule has 0 radical (unpaired) electrons. The summed E-state index contributed by atoms with van der Waals surface area (Å²) < 4.78 is 15.6. The van der Waals surface area contributed by atoms with Gasteiger partial charge in [0.25, 0.3) is 5.91 Å². The summed E-state index contributed by atoms with van der Waals surface area (Å²) in [5.41, 5.74) is 0.757. The van der Waals surface area contributed by atoms with Crippen molar-refractivity contribution in [3.05, 3.63) is 34.7 Å². The van der Waals surface area contributed by atoms with Crippen LogP contribution < -0.4 is 14.8 Å². The van der Waals surface area contributed by atoms with E-state index in [1.807, 2.05) is 26.0 Å². The first kappa shape index (κ1) is 20.5.